The van der Waals surface area contributed by atoms with Crippen molar-refractivity contribution in [3.63, 3.8) is 0 Å². The van der Waals surface area contributed by atoms with E-state index in [2.05, 4.69) is 33.3 Å². The first-order chi connectivity index (χ1) is 12.4. The van der Waals surface area contributed by atoms with Crippen molar-refractivity contribution in [3.8, 4) is 0 Å². The number of nitrogens with one attached hydrogen (secondary N) is 1. The van der Waals surface area contributed by atoms with Crippen LogP contribution in [0.4, 0.5) is 4.79 Å². The Morgan fingerprint density at radius 3 is 2.54 bits per heavy atom. The molecule has 0 aliphatic rings. The molecule has 0 radical (unpaired) electrons. The second-order valence-corrected chi connectivity index (χ2v) is 7.09. The molecule has 0 saturated carbocycles. The number of carbonyl (C=O) groups is 1. The van der Waals surface area contributed by atoms with Gasteiger partial charge in [-0.3, -0.25) is 0 Å². The van der Waals surface area contributed by atoms with Gasteiger partial charge >= 0.3 is 6.09 Å². The molecule has 0 bridgehead atoms. The molecule has 134 valence electrons. The van der Waals surface area contributed by atoms with Crippen molar-refractivity contribution >= 4 is 23.2 Å². The maximum Gasteiger partial charge on any atom is 0.428 e. The fraction of sp³-hybridized carbons (Fsp3) is 0.238. The summed E-state index contributed by atoms with van der Waals surface area (Å²) in [6, 6.07) is 18.4. The van der Waals surface area contributed by atoms with Crippen LogP contribution < -0.4 is 5.43 Å². The molecule has 1 N–H and O–H groups in total. The average Bonchev–Trinajstić information content (AvgIpc) is 2.92. The predicted molar refractivity (Wildman–Crippen MR) is 104 cm³/mol. The first-order valence-electron chi connectivity index (χ1n) is 8.56. The van der Waals surface area contributed by atoms with E-state index in [9.17, 15) is 4.79 Å². The molecule has 26 heavy (non-hydrogen) atoms. The minimum absolute atomic E-state index is 0.550. The molecule has 0 unspecified atom stereocenters. The topological polar surface area (TPSA) is 55.6 Å². The smallest absolute Gasteiger partial charge is 0.428 e. The number of rotatable bonds is 4. The summed E-state index contributed by atoms with van der Waals surface area (Å²) in [6.45, 7) is 6.21. The number of fused-ring (bicyclic) bond motifs is 1. The summed E-state index contributed by atoms with van der Waals surface area (Å²) in [7, 11) is 0. The van der Waals surface area contributed by atoms with E-state index in [0.717, 1.165) is 23.0 Å². The van der Waals surface area contributed by atoms with E-state index in [4.69, 9.17) is 4.74 Å². The Hall–Kier alpha value is -3.08. The number of benzene rings is 2. The summed E-state index contributed by atoms with van der Waals surface area (Å²) in [4.78, 5) is 11.7. The van der Waals surface area contributed by atoms with Gasteiger partial charge in [0.05, 0.1) is 6.21 Å². The van der Waals surface area contributed by atoms with E-state index in [1.54, 1.807) is 6.21 Å². The molecule has 1 heterocycles. The zero-order valence-electron chi connectivity index (χ0n) is 15.3. The van der Waals surface area contributed by atoms with E-state index in [1.165, 1.54) is 5.56 Å². The monoisotopic (exact) mass is 349 g/mol. The van der Waals surface area contributed by atoms with Crippen LogP contribution in [0.3, 0.4) is 0 Å². The Morgan fingerprint density at radius 2 is 1.81 bits per heavy atom. The zero-order valence-corrected chi connectivity index (χ0v) is 15.3. The lowest BCUT2D eigenvalue weighted by molar-refractivity contribution is 0.0529. The highest BCUT2D eigenvalue weighted by atomic mass is 16.6. The van der Waals surface area contributed by atoms with Gasteiger partial charge in [-0.15, -0.1) is 0 Å². The van der Waals surface area contributed by atoms with Gasteiger partial charge < -0.3 is 9.30 Å². The normalized spacial score (nSPS) is 11.8. The number of ether oxygens (including phenoxy) is 1. The van der Waals surface area contributed by atoms with Crippen molar-refractivity contribution < 1.29 is 9.53 Å². The summed E-state index contributed by atoms with van der Waals surface area (Å²) < 4.78 is 7.36. The minimum Gasteiger partial charge on any atom is -0.443 e. The molecular formula is C21H23N3O2. The van der Waals surface area contributed by atoms with Gasteiger partial charge in [-0.2, -0.15) is 5.10 Å². The van der Waals surface area contributed by atoms with Crippen LogP contribution in [0.2, 0.25) is 0 Å². The molecule has 0 aliphatic carbocycles. The third-order valence-electron chi connectivity index (χ3n) is 3.77. The van der Waals surface area contributed by atoms with Gasteiger partial charge in [0.15, 0.2) is 0 Å². The average molecular weight is 349 g/mol. The number of nitrogens with zero attached hydrogens (tertiary/aromatic N) is 2. The standard InChI is InChI=1S/C21H23N3O2/c1-21(2,3)26-20(25)23-22-13-17-15-24(14-16-9-5-4-6-10-16)19-12-8-7-11-18(17)19/h4-13,15H,14H2,1-3H3,(H,23,25). The van der Waals surface area contributed by atoms with Crippen LogP contribution in [0.15, 0.2) is 65.9 Å². The summed E-state index contributed by atoms with van der Waals surface area (Å²) in [5.74, 6) is 0. The fourth-order valence-corrected chi connectivity index (χ4v) is 2.74. The summed E-state index contributed by atoms with van der Waals surface area (Å²) in [6.07, 6.45) is 3.12. The lowest BCUT2D eigenvalue weighted by Gasteiger charge is -2.18. The van der Waals surface area contributed by atoms with Crippen molar-refractivity contribution in [2.24, 2.45) is 5.10 Å². The van der Waals surface area contributed by atoms with Gasteiger partial charge in [-0.1, -0.05) is 48.5 Å². The molecule has 0 saturated heterocycles. The van der Waals surface area contributed by atoms with Crippen LogP contribution in [0.5, 0.6) is 0 Å². The Labute approximate surface area is 153 Å². The van der Waals surface area contributed by atoms with Gasteiger partial charge in [-0.05, 0) is 32.4 Å². The molecule has 2 aromatic carbocycles. The molecule has 0 spiro atoms. The van der Waals surface area contributed by atoms with E-state index in [0.29, 0.717) is 0 Å². The summed E-state index contributed by atoms with van der Waals surface area (Å²) >= 11 is 0. The van der Waals surface area contributed by atoms with Crippen LogP contribution >= 0.6 is 0 Å². The molecule has 1 aromatic heterocycles. The van der Waals surface area contributed by atoms with Crippen LogP contribution in [0.1, 0.15) is 31.9 Å². The lowest BCUT2D eigenvalue weighted by Crippen LogP contribution is -2.29. The largest absolute Gasteiger partial charge is 0.443 e. The van der Waals surface area contributed by atoms with E-state index < -0.39 is 11.7 Å². The molecule has 0 atom stereocenters. The summed E-state index contributed by atoms with van der Waals surface area (Å²) in [5, 5.41) is 5.11. The fourth-order valence-electron chi connectivity index (χ4n) is 2.74. The number of para-hydroxylation sites is 1. The van der Waals surface area contributed by atoms with Gasteiger partial charge in [0.1, 0.15) is 5.60 Å². The number of amides is 1. The van der Waals surface area contributed by atoms with Crippen LogP contribution in [0.25, 0.3) is 10.9 Å². The van der Waals surface area contributed by atoms with Crippen molar-refractivity contribution in [1.29, 1.82) is 0 Å². The second kappa shape index (κ2) is 7.44. The molecule has 5 heteroatoms. The first-order valence-corrected chi connectivity index (χ1v) is 8.56. The Bertz CT molecular complexity index is 921. The molecule has 5 nitrogen and oxygen atoms in total. The van der Waals surface area contributed by atoms with Crippen LogP contribution in [-0.4, -0.2) is 22.5 Å². The van der Waals surface area contributed by atoms with E-state index >= 15 is 0 Å². The Balaban J connectivity index is 1.81. The van der Waals surface area contributed by atoms with Gasteiger partial charge in [0, 0.05) is 29.2 Å². The van der Waals surface area contributed by atoms with Crippen molar-refractivity contribution in [3.05, 3.63) is 71.9 Å². The lowest BCUT2D eigenvalue weighted by atomic mass is 10.2. The first kappa shape index (κ1) is 17.7. The molecule has 1 amide bonds. The molecule has 0 aliphatic heterocycles. The Kier molecular flexibility index (Phi) is 5.07. The van der Waals surface area contributed by atoms with Crippen LogP contribution in [-0.2, 0) is 11.3 Å². The van der Waals surface area contributed by atoms with Crippen molar-refractivity contribution in [2.45, 2.75) is 32.9 Å². The third-order valence-corrected chi connectivity index (χ3v) is 3.77. The number of carbonyl (C=O) groups excluding carboxylic acids is 1. The minimum atomic E-state index is -0.568. The maximum atomic E-state index is 11.7. The number of hydrazone groups is 1. The molecule has 0 fully saturated rings. The van der Waals surface area contributed by atoms with E-state index in [-0.39, 0.29) is 0 Å². The highest BCUT2D eigenvalue weighted by Gasteiger charge is 2.15. The third kappa shape index (κ3) is 4.51. The molecule has 3 aromatic rings. The van der Waals surface area contributed by atoms with Crippen molar-refractivity contribution in [2.75, 3.05) is 0 Å². The summed E-state index contributed by atoms with van der Waals surface area (Å²) in [5.41, 5.74) is 5.14. The van der Waals surface area contributed by atoms with E-state index in [1.807, 2.05) is 63.4 Å². The predicted octanol–water partition coefficient (Wildman–Crippen LogP) is 4.55. The van der Waals surface area contributed by atoms with Crippen LogP contribution in [0, 0.1) is 0 Å². The Morgan fingerprint density at radius 1 is 1.12 bits per heavy atom. The SMILES string of the molecule is CC(C)(C)OC(=O)NN=Cc1cn(Cc2ccccc2)c2ccccc12. The quantitative estimate of drug-likeness (QED) is 0.555. The van der Waals surface area contributed by atoms with Gasteiger partial charge in [-0.25, -0.2) is 10.2 Å². The second-order valence-electron chi connectivity index (χ2n) is 7.09. The molecule has 3 rings (SSSR count). The van der Waals surface area contributed by atoms with Crippen molar-refractivity contribution in [1.82, 2.24) is 9.99 Å². The maximum absolute atomic E-state index is 11.7. The number of aromatic nitrogens is 1. The number of hydrogen-bond donors (Lipinski definition) is 1. The molecular weight excluding hydrogens is 326 g/mol. The highest BCUT2D eigenvalue weighted by Crippen LogP contribution is 2.21. The van der Waals surface area contributed by atoms with Gasteiger partial charge in [0.2, 0.25) is 0 Å². The van der Waals surface area contributed by atoms with Gasteiger partial charge in [0.25, 0.3) is 0 Å². The highest BCUT2D eigenvalue weighted by molar-refractivity contribution is 5.99. The number of hydrogen-bond acceptors (Lipinski definition) is 3. The zero-order chi connectivity index (χ0) is 18.6.